The van der Waals surface area contributed by atoms with Gasteiger partial charge in [-0.25, -0.2) is 4.79 Å². The van der Waals surface area contributed by atoms with Crippen molar-refractivity contribution >= 4 is 34.8 Å². The van der Waals surface area contributed by atoms with E-state index in [9.17, 15) is 9.59 Å². The van der Waals surface area contributed by atoms with Gasteiger partial charge in [-0.05, 0) is 37.8 Å². The highest BCUT2D eigenvalue weighted by Crippen LogP contribution is 2.24. The zero-order chi connectivity index (χ0) is 15.4. The molecule has 1 N–H and O–H groups in total. The molecule has 0 aromatic carbocycles. The fraction of sp³-hybridized carbons (Fsp3) is 0.600. The SMILES string of the molecule is C[C@@H](OC(=O)c1ccc(Cl)s1)C(=O)N[C@@H]1CCCC[C@@H]1C. The first-order valence-corrected chi connectivity index (χ1v) is 8.43. The predicted molar refractivity (Wildman–Crippen MR) is 83.8 cm³/mol. The minimum Gasteiger partial charge on any atom is -0.448 e. The highest BCUT2D eigenvalue weighted by atomic mass is 35.5. The lowest BCUT2D eigenvalue weighted by Gasteiger charge is -2.30. The Balaban J connectivity index is 1.86. The van der Waals surface area contributed by atoms with Crippen molar-refractivity contribution in [2.75, 3.05) is 0 Å². The van der Waals surface area contributed by atoms with Crippen LogP contribution in [0.3, 0.4) is 0 Å². The molecule has 1 saturated carbocycles. The third-order valence-corrected chi connectivity index (χ3v) is 5.08. The summed E-state index contributed by atoms with van der Waals surface area (Å²) in [5, 5.41) is 2.99. The monoisotopic (exact) mass is 329 g/mol. The molecule has 1 aromatic heterocycles. The molecule has 21 heavy (non-hydrogen) atoms. The molecule has 2 rings (SSSR count). The van der Waals surface area contributed by atoms with Gasteiger partial charge in [0, 0.05) is 6.04 Å². The molecule has 6 heteroatoms. The predicted octanol–water partition coefficient (Wildman–Crippen LogP) is 3.64. The summed E-state index contributed by atoms with van der Waals surface area (Å²) in [6, 6.07) is 3.42. The summed E-state index contributed by atoms with van der Waals surface area (Å²) >= 11 is 6.92. The van der Waals surface area contributed by atoms with Crippen LogP contribution in [0.1, 0.15) is 49.2 Å². The molecule has 4 nitrogen and oxygen atoms in total. The Kier molecular flexibility index (Phi) is 5.65. The van der Waals surface area contributed by atoms with Crippen molar-refractivity contribution in [3.63, 3.8) is 0 Å². The second-order valence-electron chi connectivity index (χ2n) is 5.53. The van der Waals surface area contributed by atoms with Crippen LogP contribution in [0.25, 0.3) is 0 Å². The summed E-state index contributed by atoms with van der Waals surface area (Å²) in [6.07, 6.45) is 3.68. The van der Waals surface area contributed by atoms with Crippen LogP contribution in [-0.2, 0) is 9.53 Å². The van der Waals surface area contributed by atoms with Gasteiger partial charge in [0.15, 0.2) is 6.10 Å². The normalized spacial score (nSPS) is 23.4. The highest BCUT2D eigenvalue weighted by molar-refractivity contribution is 7.17. The van der Waals surface area contributed by atoms with Gasteiger partial charge >= 0.3 is 5.97 Å². The van der Waals surface area contributed by atoms with Gasteiger partial charge in [-0.2, -0.15) is 0 Å². The topological polar surface area (TPSA) is 55.4 Å². The Bertz CT molecular complexity index is 517. The molecule has 3 atom stereocenters. The van der Waals surface area contributed by atoms with E-state index >= 15 is 0 Å². The first kappa shape index (κ1) is 16.3. The Labute approximate surface area is 133 Å². The third kappa shape index (κ3) is 4.45. The number of hydrogen-bond donors (Lipinski definition) is 1. The van der Waals surface area contributed by atoms with E-state index in [1.165, 1.54) is 6.42 Å². The second-order valence-corrected chi connectivity index (χ2v) is 7.24. The maximum Gasteiger partial charge on any atom is 0.349 e. The summed E-state index contributed by atoms with van der Waals surface area (Å²) < 4.78 is 5.71. The van der Waals surface area contributed by atoms with Crippen molar-refractivity contribution < 1.29 is 14.3 Å². The summed E-state index contributed by atoms with van der Waals surface area (Å²) in [6.45, 7) is 3.74. The van der Waals surface area contributed by atoms with Crippen molar-refractivity contribution in [1.29, 1.82) is 0 Å². The third-order valence-electron chi connectivity index (χ3n) is 3.87. The van der Waals surface area contributed by atoms with Crippen LogP contribution >= 0.6 is 22.9 Å². The summed E-state index contributed by atoms with van der Waals surface area (Å²) in [7, 11) is 0. The van der Waals surface area contributed by atoms with E-state index in [4.69, 9.17) is 16.3 Å². The summed E-state index contributed by atoms with van der Waals surface area (Å²) in [5.41, 5.74) is 0. The van der Waals surface area contributed by atoms with E-state index in [1.54, 1.807) is 19.1 Å². The number of esters is 1. The Morgan fingerprint density at radius 3 is 2.71 bits per heavy atom. The van der Waals surface area contributed by atoms with Crippen LogP contribution in [0, 0.1) is 5.92 Å². The number of carbonyl (C=O) groups is 2. The molecule has 0 aliphatic heterocycles. The standard InChI is InChI=1S/C15H20ClNO3S/c1-9-5-3-4-6-11(9)17-14(18)10(2)20-15(19)12-7-8-13(16)21-12/h7-11H,3-6H2,1-2H3,(H,17,18)/t9-,10+,11+/m0/s1. The van der Waals surface area contributed by atoms with Crippen molar-refractivity contribution in [3.8, 4) is 0 Å². The molecular weight excluding hydrogens is 310 g/mol. The quantitative estimate of drug-likeness (QED) is 0.858. The number of thiophene rings is 1. The number of ether oxygens (including phenoxy) is 1. The molecule has 1 aromatic rings. The Morgan fingerprint density at radius 2 is 2.10 bits per heavy atom. The van der Waals surface area contributed by atoms with Crippen LogP contribution in [0.15, 0.2) is 12.1 Å². The van der Waals surface area contributed by atoms with Gasteiger partial charge in [0.1, 0.15) is 4.88 Å². The minimum atomic E-state index is -0.799. The first-order valence-electron chi connectivity index (χ1n) is 7.24. The largest absolute Gasteiger partial charge is 0.448 e. The summed E-state index contributed by atoms with van der Waals surface area (Å²) in [5.74, 6) is -0.266. The lowest BCUT2D eigenvalue weighted by molar-refractivity contribution is -0.130. The van der Waals surface area contributed by atoms with Crippen LogP contribution in [0.2, 0.25) is 4.34 Å². The zero-order valence-electron chi connectivity index (χ0n) is 12.2. The van der Waals surface area contributed by atoms with Gasteiger partial charge in [0.05, 0.1) is 4.34 Å². The average molecular weight is 330 g/mol. The smallest absolute Gasteiger partial charge is 0.349 e. The molecule has 1 aliphatic carbocycles. The Morgan fingerprint density at radius 1 is 1.38 bits per heavy atom. The van der Waals surface area contributed by atoms with Gasteiger partial charge in [-0.1, -0.05) is 31.4 Å². The van der Waals surface area contributed by atoms with Crippen LogP contribution in [-0.4, -0.2) is 24.0 Å². The van der Waals surface area contributed by atoms with Crippen LogP contribution < -0.4 is 5.32 Å². The average Bonchev–Trinajstić information content (AvgIpc) is 2.88. The fourth-order valence-electron chi connectivity index (χ4n) is 2.53. The van der Waals surface area contributed by atoms with Crippen molar-refractivity contribution in [2.45, 2.75) is 51.7 Å². The molecule has 0 saturated heterocycles. The molecule has 1 aliphatic rings. The molecule has 1 heterocycles. The minimum absolute atomic E-state index is 0.184. The van der Waals surface area contributed by atoms with Gasteiger partial charge < -0.3 is 10.1 Å². The molecule has 1 amide bonds. The lowest BCUT2D eigenvalue weighted by Crippen LogP contribution is -2.45. The summed E-state index contributed by atoms with van der Waals surface area (Å²) in [4.78, 5) is 24.4. The van der Waals surface area contributed by atoms with Crippen LogP contribution in [0.4, 0.5) is 0 Å². The van der Waals surface area contributed by atoms with Gasteiger partial charge in [0.2, 0.25) is 0 Å². The molecular formula is C15H20ClNO3S. The fourth-order valence-corrected chi connectivity index (χ4v) is 3.45. The number of carbonyl (C=O) groups excluding carboxylic acids is 2. The molecule has 1 fully saturated rings. The molecule has 0 radical (unpaired) electrons. The van der Waals surface area contributed by atoms with Crippen molar-refractivity contribution in [3.05, 3.63) is 21.3 Å². The first-order chi connectivity index (χ1) is 9.97. The van der Waals surface area contributed by atoms with Crippen molar-refractivity contribution in [2.24, 2.45) is 5.92 Å². The van der Waals surface area contributed by atoms with E-state index in [0.29, 0.717) is 15.1 Å². The van der Waals surface area contributed by atoms with Gasteiger partial charge in [0.25, 0.3) is 5.91 Å². The molecule has 0 bridgehead atoms. The van der Waals surface area contributed by atoms with E-state index in [-0.39, 0.29) is 11.9 Å². The van der Waals surface area contributed by atoms with E-state index in [0.717, 1.165) is 30.6 Å². The van der Waals surface area contributed by atoms with E-state index < -0.39 is 12.1 Å². The number of rotatable bonds is 4. The zero-order valence-corrected chi connectivity index (χ0v) is 13.8. The van der Waals surface area contributed by atoms with Crippen LogP contribution in [0.5, 0.6) is 0 Å². The highest BCUT2D eigenvalue weighted by Gasteiger charge is 2.26. The molecule has 0 spiro atoms. The molecule has 116 valence electrons. The van der Waals surface area contributed by atoms with E-state index in [1.807, 2.05) is 0 Å². The maximum atomic E-state index is 12.1. The van der Waals surface area contributed by atoms with Crippen molar-refractivity contribution in [1.82, 2.24) is 5.32 Å². The number of nitrogens with one attached hydrogen (secondary N) is 1. The number of halogens is 1. The lowest BCUT2D eigenvalue weighted by atomic mass is 9.86. The molecule has 0 unspecified atom stereocenters. The Hall–Kier alpha value is -1.07. The maximum absolute atomic E-state index is 12.1. The number of amides is 1. The second kappa shape index (κ2) is 7.27. The van der Waals surface area contributed by atoms with E-state index in [2.05, 4.69) is 12.2 Å². The van der Waals surface area contributed by atoms with Gasteiger partial charge in [-0.15, -0.1) is 11.3 Å². The number of hydrogen-bond acceptors (Lipinski definition) is 4. The van der Waals surface area contributed by atoms with Gasteiger partial charge in [-0.3, -0.25) is 4.79 Å².